The van der Waals surface area contributed by atoms with Crippen molar-refractivity contribution in [1.82, 2.24) is 4.98 Å². The first-order valence-electron chi connectivity index (χ1n) is 4.26. The van der Waals surface area contributed by atoms with E-state index in [0.717, 1.165) is 0 Å². The summed E-state index contributed by atoms with van der Waals surface area (Å²) >= 11 is 1.36. The van der Waals surface area contributed by atoms with Crippen LogP contribution >= 0.6 is 11.3 Å². The highest BCUT2D eigenvalue weighted by Crippen LogP contribution is 2.26. The number of hydrogen-bond donors (Lipinski definition) is 1. The molecule has 1 unspecified atom stereocenters. The fourth-order valence-corrected chi connectivity index (χ4v) is 1.79. The van der Waals surface area contributed by atoms with Crippen LogP contribution in [-0.4, -0.2) is 22.2 Å². The molecular formula is C9H13NO3S. The van der Waals surface area contributed by atoms with Crippen molar-refractivity contribution in [1.29, 1.82) is 0 Å². The van der Waals surface area contributed by atoms with Crippen molar-refractivity contribution in [2.45, 2.75) is 32.5 Å². The summed E-state index contributed by atoms with van der Waals surface area (Å²) < 4.78 is 5.39. The largest absolute Gasteiger partial charge is 0.479 e. The lowest BCUT2D eigenvalue weighted by Gasteiger charge is -2.25. The van der Waals surface area contributed by atoms with Gasteiger partial charge in [-0.25, -0.2) is 9.78 Å². The molecule has 0 amide bonds. The molecule has 14 heavy (non-hydrogen) atoms. The molecule has 1 atom stereocenters. The minimum Gasteiger partial charge on any atom is -0.479 e. The number of thiazole rings is 1. The smallest absolute Gasteiger partial charge is 0.342 e. The lowest BCUT2D eigenvalue weighted by molar-refractivity contribution is -0.171. The highest BCUT2D eigenvalue weighted by atomic mass is 32.1. The van der Waals surface area contributed by atoms with Crippen LogP contribution in [0.1, 0.15) is 26.5 Å². The number of aliphatic carboxylic acids is 1. The van der Waals surface area contributed by atoms with Crippen LogP contribution in [0.4, 0.5) is 0 Å². The lowest BCUT2D eigenvalue weighted by atomic mass is 10.0. The zero-order chi connectivity index (χ0) is 10.8. The molecule has 1 aromatic rings. The average Bonchev–Trinajstić information content (AvgIpc) is 2.53. The van der Waals surface area contributed by atoms with Crippen molar-refractivity contribution in [2.24, 2.45) is 0 Å². The van der Waals surface area contributed by atoms with Crippen molar-refractivity contribution in [3.8, 4) is 0 Å². The third kappa shape index (κ3) is 2.10. The number of aromatic nitrogens is 1. The van der Waals surface area contributed by atoms with Crippen LogP contribution in [0.5, 0.6) is 0 Å². The van der Waals surface area contributed by atoms with E-state index in [2.05, 4.69) is 4.98 Å². The van der Waals surface area contributed by atoms with E-state index in [1.54, 1.807) is 24.7 Å². The van der Waals surface area contributed by atoms with Crippen molar-refractivity contribution in [3.05, 3.63) is 16.6 Å². The number of carboxylic acids is 1. The minimum absolute atomic E-state index is 0.155. The first kappa shape index (κ1) is 11.1. The predicted molar refractivity (Wildman–Crippen MR) is 53.3 cm³/mol. The van der Waals surface area contributed by atoms with Crippen LogP contribution in [0.3, 0.4) is 0 Å². The highest BCUT2D eigenvalue weighted by Gasteiger charge is 2.39. The van der Waals surface area contributed by atoms with Crippen molar-refractivity contribution in [2.75, 3.05) is 0 Å². The zero-order valence-corrected chi connectivity index (χ0v) is 9.17. The van der Waals surface area contributed by atoms with E-state index in [9.17, 15) is 4.79 Å². The second kappa shape index (κ2) is 4.06. The third-order valence-corrected chi connectivity index (χ3v) is 2.39. The van der Waals surface area contributed by atoms with Gasteiger partial charge in [0, 0.05) is 5.38 Å². The number of nitrogens with zero attached hydrogens (tertiary/aromatic N) is 1. The first-order valence-corrected chi connectivity index (χ1v) is 5.21. The number of carbonyl (C=O) groups is 1. The van der Waals surface area contributed by atoms with Gasteiger partial charge in [-0.2, -0.15) is 0 Å². The molecule has 0 spiro atoms. The summed E-state index contributed by atoms with van der Waals surface area (Å²) in [5, 5.41) is 10.8. The Bertz CT molecular complexity index is 310. The molecular weight excluding hydrogens is 202 g/mol. The van der Waals surface area contributed by atoms with Crippen molar-refractivity contribution < 1.29 is 14.6 Å². The standard InChI is InChI=1S/C9H13NO3S/c1-6(2)13-9(3,8(11)12)7-4-14-5-10-7/h4-6H,1-3H3,(H,11,12). The lowest BCUT2D eigenvalue weighted by Crippen LogP contribution is -2.38. The van der Waals surface area contributed by atoms with Crippen LogP contribution in [0.2, 0.25) is 0 Å². The molecule has 1 N–H and O–H groups in total. The summed E-state index contributed by atoms with van der Waals surface area (Å²) in [6, 6.07) is 0. The van der Waals surface area contributed by atoms with Gasteiger partial charge < -0.3 is 9.84 Å². The number of carboxylic acid groups (broad SMARTS) is 1. The van der Waals surface area contributed by atoms with Gasteiger partial charge in [-0.3, -0.25) is 0 Å². The monoisotopic (exact) mass is 215 g/mol. The molecule has 1 aromatic heterocycles. The molecule has 1 heterocycles. The second-order valence-corrected chi connectivity index (χ2v) is 4.10. The number of rotatable bonds is 4. The fraction of sp³-hybridized carbons (Fsp3) is 0.556. The van der Waals surface area contributed by atoms with E-state index in [1.807, 2.05) is 0 Å². The predicted octanol–water partition coefficient (Wildman–Crippen LogP) is 1.87. The maximum absolute atomic E-state index is 11.1. The van der Waals surface area contributed by atoms with E-state index in [1.165, 1.54) is 18.3 Å². The summed E-state index contributed by atoms with van der Waals surface area (Å²) in [5.41, 5.74) is 0.706. The van der Waals surface area contributed by atoms with Crippen molar-refractivity contribution in [3.63, 3.8) is 0 Å². The Morgan fingerprint density at radius 3 is 2.71 bits per heavy atom. The fourth-order valence-electron chi connectivity index (χ4n) is 1.14. The second-order valence-electron chi connectivity index (χ2n) is 3.38. The van der Waals surface area contributed by atoms with E-state index >= 15 is 0 Å². The van der Waals surface area contributed by atoms with Crippen LogP contribution in [-0.2, 0) is 15.1 Å². The van der Waals surface area contributed by atoms with Crippen LogP contribution in [0, 0.1) is 0 Å². The Morgan fingerprint density at radius 1 is 1.71 bits per heavy atom. The molecule has 0 aliphatic rings. The van der Waals surface area contributed by atoms with Gasteiger partial charge in [-0.15, -0.1) is 11.3 Å². The molecule has 0 radical (unpaired) electrons. The Labute approximate surface area is 86.6 Å². The van der Waals surface area contributed by atoms with E-state index < -0.39 is 11.6 Å². The summed E-state index contributed by atoms with van der Waals surface area (Å²) in [4.78, 5) is 15.1. The van der Waals surface area contributed by atoms with E-state index in [0.29, 0.717) is 5.69 Å². The van der Waals surface area contributed by atoms with E-state index in [4.69, 9.17) is 9.84 Å². The molecule has 0 bridgehead atoms. The molecule has 0 aliphatic heterocycles. The van der Waals surface area contributed by atoms with Gasteiger partial charge in [0.25, 0.3) is 0 Å². The van der Waals surface area contributed by atoms with Crippen LogP contribution < -0.4 is 0 Å². The first-order chi connectivity index (χ1) is 6.47. The van der Waals surface area contributed by atoms with Gasteiger partial charge in [-0.05, 0) is 20.8 Å². The molecule has 5 heteroatoms. The van der Waals surface area contributed by atoms with Crippen LogP contribution in [0.15, 0.2) is 10.9 Å². The maximum atomic E-state index is 11.1. The molecule has 0 aliphatic carbocycles. The van der Waals surface area contributed by atoms with Gasteiger partial charge in [-0.1, -0.05) is 0 Å². The molecule has 78 valence electrons. The third-order valence-electron chi connectivity index (χ3n) is 1.80. The van der Waals surface area contributed by atoms with Gasteiger partial charge in [0.15, 0.2) is 0 Å². The topological polar surface area (TPSA) is 59.4 Å². The van der Waals surface area contributed by atoms with Crippen LogP contribution in [0.25, 0.3) is 0 Å². The van der Waals surface area contributed by atoms with Gasteiger partial charge in [0.2, 0.25) is 5.60 Å². The average molecular weight is 215 g/mol. The number of hydrogen-bond acceptors (Lipinski definition) is 4. The van der Waals surface area contributed by atoms with Gasteiger partial charge in [0.05, 0.1) is 17.3 Å². The summed E-state index contributed by atoms with van der Waals surface area (Å²) in [6.45, 7) is 5.12. The molecule has 0 aromatic carbocycles. The Morgan fingerprint density at radius 2 is 2.36 bits per heavy atom. The van der Waals surface area contributed by atoms with Gasteiger partial charge in [0.1, 0.15) is 0 Å². The molecule has 4 nitrogen and oxygen atoms in total. The van der Waals surface area contributed by atoms with Crippen molar-refractivity contribution >= 4 is 17.3 Å². The molecule has 0 saturated heterocycles. The summed E-state index contributed by atoms with van der Waals surface area (Å²) in [6.07, 6.45) is -0.155. The highest BCUT2D eigenvalue weighted by molar-refractivity contribution is 7.07. The summed E-state index contributed by atoms with van der Waals surface area (Å²) in [7, 11) is 0. The Balaban J connectivity index is 2.99. The zero-order valence-electron chi connectivity index (χ0n) is 8.35. The maximum Gasteiger partial charge on any atom is 0.342 e. The molecule has 0 saturated carbocycles. The molecule has 0 fully saturated rings. The normalized spacial score (nSPS) is 15.4. The SMILES string of the molecule is CC(C)OC(C)(C(=O)O)c1cscn1. The number of ether oxygens (including phenoxy) is 1. The quantitative estimate of drug-likeness (QED) is 0.833. The Hall–Kier alpha value is -0.940. The Kier molecular flexibility index (Phi) is 3.23. The van der Waals surface area contributed by atoms with Gasteiger partial charge >= 0.3 is 5.97 Å². The van der Waals surface area contributed by atoms with E-state index in [-0.39, 0.29) is 6.10 Å². The minimum atomic E-state index is -1.34. The summed E-state index contributed by atoms with van der Waals surface area (Å²) in [5.74, 6) is -1.02. The molecule has 1 rings (SSSR count).